The maximum Gasteiger partial charge on any atom is 0.151 e. The third-order valence-electron chi connectivity index (χ3n) is 1.91. The first kappa shape index (κ1) is 12.5. The van der Waals surface area contributed by atoms with E-state index in [9.17, 15) is 0 Å². The van der Waals surface area contributed by atoms with Gasteiger partial charge in [0.1, 0.15) is 0 Å². The lowest BCUT2D eigenvalue weighted by molar-refractivity contribution is 1.44. The van der Waals surface area contributed by atoms with Crippen molar-refractivity contribution >= 4 is 55.3 Å². The molecule has 15 heavy (non-hydrogen) atoms. The van der Waals surface area contributed by atoms with Crippen LogP contribution in [0.4, 0.5) is 0 Å². The Hall–Kier alpha value is -0.520. The van der Waals surface area contributed by atoms with Crippen molar-refractivity contribution in [3.05, 3.63) is 35.2 Å². The fraction of sp³-hybridized carbons (Fsp3) is 0.100. The van der Waals surface area contributed by atoms with Crippen molar-refractivity contribution in [3.8, 4) is 0 Å². The van der Waals surface area contributed by atoms with Gasteiger partial charge in [0, 0.05) is 10.5 Å². The first-order chi connectivity index (χ1) is 6.75. The Kier molecular flexibility index (Phi) is 4.63. The van der Waals surface area contributed by atoms with E-state index in [1.165, 1.54) is 27.4 Å². The van der Waals surface area contributed by atoms with Gasteiger partial charge in [-0.05, 0) is 34.5 Å². The maximum absolute atomic E-state index is 7.12. The number of hydrogen-bond acceptors (Lipinski definition) is 3. The van der Waals surface area contributed by atoms with Crippen molar-refractivity contribution in [2.24, 2.45) is 5.73 Å². The predicted molar refractivity (Wildman–Crippen MR) is 75.4 cm³/mol. The molecule has 1 aromatic heterocycles. The van der Waals surface area contributed by atoms with Crippen LogP contribution < -0.4 is 5.73 Å². The lowest BCUT2D eigenvalue weighted by Crippen LogP contribution is -2.03. The standard InChI is InChI=1S/C10H10N2S2.BrH/c11-10(12)14-6-7-1-2-9-8(5-7)3-4-13-9;/h1-5H,6H2,(H3,11,12);1H. The van der Waals surface area contributed by atoms with Crippen molar-refractivity contribution in [3.63, 3.8) is 0 Å². The van der Waals surface area contributed by atoms with Gasteiger partial charge < -0.3 is 5.73 Å². The monoisotopic (exact) mass is 302 g/mol. The van der Waals surface area contributed by atoms with Gasteiger partial charge in [-0.15, -0.1) is 28.3 Å². The zero-order valence-electron chi connectivity index (χ0n) is 7.90. The van der Waals surface area contributed by atoms with Gasteiger partial charge in [-0.2, -0.15) is 0 Å². The Bertz CT molecular complexity index is 467. The summed E-state index contributed by atoms with van der Waals surface area (Å²) in [6, 6.07) is 8.48. The number of fused-ring (bicyclic) bond motifs is 1. The third kappa shape index (κ3) is 3.22. The summed E-state index contributed by atoms with van der Waals surface area (Å²) in [4.78, 5) is 0. The highest BCUT2D eigenvalue weighted by Crippen LogP contribution is 2.23. The van der Waals surface area contributed by atoms with E-state index in [-0.39, 0.29) is 22.1 Å². The van der Waals surface area contributed by atoms with Crippen LogP contribution in [0.15, 0.2) is 29.6 Å². The molecule has 0 unspecified atom stereocenters. The Morgan fingerprint density at radius 1 is 1.40 bits per heavy atom. The van der Waals surface area contributed by atoms with Gasteiger partial charge in [0.15, 0.2) is 5.17 Å². The summed E-state index contributed by atoms with van der Waals surface area (Å²) in [6.07, 6.45) is 0. The highest BCUT2D eigenvalue weighted by Gasteiger charge is 1.98. The van der Waals surface area contributed by atoms with Gasteiger partial charge in [-0.3, -0.25) is 5.41 Å². The summed E-state index contributed by atoms with van der Waals surface area (Å²) in [7, 11) is 0. The average Bonchev–Trinajstić information content (AvgIpc) is 2.61. The topological polar surface area (TPSA) is 49.9 Å². The van der Waals surface area contributed by atoms with Crippen molar-refractivity contribution in [1.29, 1.82) is 5.41 Å². The molecule has 1 heterocycles. The smallest absolute Gasteiger partial charge is 0.151 e. The molecule has 0 aliphatic heterocycles. The van der Waals surface area contributed by atoms with Gasteiger partial charge in [0.05, 0.1) is 0 Å². The van der Waals surface area contributed by atoms with Crippen LogP contribution in [0.2, 0.25) is 0 Å². The van der Waals surface area contributed by atoms with Gasteiger partial charge >= 0.3 is 0 Å². The number of thiophene rings is 1. The normalized spacial score (nSPS) is 9.87. The van der Waals surface area contributed by atoms with E-state index >= 15 is 0 Å². The zero-order valence-corrected chi connectivity index (χ0v) is 11.2. The number of nitrogens with two attached hydrogens (primary N) is 1. The average molecular weight is 303 g/mol. The van der Waals surface area contributed by atoms with Crippen molar-refractivity contribution < 1.29 is 0 Å². The summed E-state index contributed by atoms with van der Waals surface area (Å²) in [5.74, 6) is 0.779. The fourth-order valence-electron chi connectivity index (χ4n) is 1.27. The van der Waals surface area contributed by atoms with Crippen molar-refractivity contribution in [2.75, 3.05) is 0 Å². The predicted octanol–water partition coefficient (Wildman–Crippen LogP) is 3.61. The lowest BCUT2D eigenvalue weighted by atomic mass is 10.2. The molecule has 2 aromatic rings. The van der Waals surface area contributed by atoms with Gasteiger partial charge in [0.25, 0.3) is 0 Å². The highest BCUT2D eigenvalue weighted by atomic mass is 79.9. The van der Waals surface area contributed by atoms with Gasteiger partial charge in [-0.25, -0.2) is 0 Å². The van der Waals surface area contributed by atoms with Crippen LogP contribution in [0.1, 0.15) is 5.56 Å². The van der Waals surface area contributed by atoms with Crippen LogP contribution >= 0.6 is 40.1 Å². The molecule has 0 aliphatic rings. The van der Waals surface area contributed by atoms with Crippen LogP contribution in [0, 0.1) is 5.41 Å². The molecule has 0 atom stereocenters. The highest BCUT2D eigenvalue weighted by molar-refractivity contribution is 8.93. The third-order valence-corrected chi connectivity index (χ3v) is 3.60. The van der Waals surface area contributed by atoms with Crippen molar-refractivity contribution in [1.82, 2.24) is 0 Å². The zero-order chi connectivity index (χ0) is 9.97. The molecule has 0 fully saturated rings. The molecule has 0 amide bonds. The second-order valence-electron chi connectivity index (χ2n) is 2.95. The number of amidine groups is 1. The lowest BCUT2D eigenvalue weighted by Gasteiger charge is -1.99. The Balaban J connectivity index is 0.00000112. The second-order valence-corrected chi connectivity index (χ2v) is 4.91. The molecule has 80 valence electrons. The SMILES string of the molecule is Br.N=C(N)SCc1ccc2sccc2c1. The van der Waals surface area contributed by atoms with E-state index < -0.39 is 0 Å². The molecule has 0 saturated carbocycles. The van der Waals surface area contributed by atoms with Crippen LogP contribution in [0.3, 0.4) is 0 Å². The first-order valence-electron chi connectivity index (χ1n) is 4.18. The maximum atomic E-state index is 7.12. The molecule has 2 nitrogen and oxygen atoms in total. The first-order valence-corrected chi connectivity index (χ1v) is 6.05. The summed E-state index contributed by atoms with van der Waals surface area (Å²) >= 11 is 3.11. The van der Waals surface area contributed by atoms with E-state index in [1.807, 2.05) is 0 Å². The molecular formula is C10H11BrN2S2. The minimum absolute atomic E-state index is 0. The van der Waals surface area contributed by atoms with E-state index in [0.29, 0.717) is 0 Å². The number of benzene rings is 1. The molecular weight excluding hydrogens is 292 g/mol. The van der Waals surface area contributed by atoms with Crippen LogP contribution in [0.25, 0.3) is 10.1 Å². The minimum atomic E-state index is 0. The molecule has 0 bridgehead atoms. The summed E-state index contributed by atoms with van der Waals surface area (Å²) in [5, 5.41) is 10.7. The molecule has 2 rings (SSSR count). The number of halogens is 1. The molecule has 0 saturated heterocycles. The Morgan fingerprint density at radius 3 is 2.93 bits per heavy atom. The Morgan fingerprint density at radius 2 is 2.20 bits per heavy atom. The Labute approximate surface area is 107 Å². The number of thioether (sulfide) groups is 1. The van der Waals surface area contributed by atoms with Crippen molar-refractivity contribution in [2.45, 2.75) is 5.75 Å². The van der Waals surface area contributed by atoms with Crippen LogP contribution in [0.5, 0.6) is 0 Å². The molecule has 0 aliphatic carbocycles. The van der Waals surface area contributed by atoms with E-state index in [1.54, 1.807) is 11.3 Å². The second kappa shape index (κ2) is 5.53. The van der Waals surface area contributed by atoms with E-state index in [0.717, 1.165) is 5.75 Å². The van der Waals surface area contributed by atoms with Gasteiger partial charge in [-0.1, -0.05) is 17.8 Å². The quantitative estimate of drug-likeness (QED) is 0.658. The van der Waals surface area contributed by atoms with Gasteiger partial charge in [0.2, 0.25) is 0 Å². The summed E-state index contributed by atoms with van der Waals surface area (Å²) in [6.45, 7) is 0. The van der Waals surface area contributed by atoms with E-state index in [2.05, 4.69) is 29.6 Å². The summed E-state index contributed by atoms with van der Waals surface area (Å²) < 4.78 is 1.31. The summed E-state index contributed by atoms with van der Waals surface area (Å²) in [5.41, 5.74) is 6.50. The van der Waals surface area contributed by atoms with E-state index in [4.69, 9.17) is 11.1 Å². The number of hydrogen-bond donors (Lipinski definition) is 2. The van der Waals surface area contributed by atoms with Crippen LogP contribution in [-0.2, 0) is 5.75 Å². The fourth-order valence-corrected chi connectivity index (χ4v) is 2.54. The number of nitrogens with one attached hydrogen (secondary N) is 1. The molecule has 3 N–H and O–H groups in total. The molecule has 5 heteroatoms. The number of rotatable bonds is 2. The van der Waals surface area contributed by atoms with Crippen LogP contribution in [-0.4, -0.2) is 5.17 Å². The molecule has 1 aromatic carbocycles. The molecule has 0 spiro atoms. The largest absolute Gasteiger partial charge is 0.379 e. The molecule has 0 radical (unpaired) electrons. The minimum Gasteiger partial charge on any atom is -0.379 e.